The molecule has 4 amide bonds. The second-order valence-electron chi connectivity index (χ2n) is 15.7. The summed E-state index contributed by atoms with van der Waals surface area (Å²) in [5.74, 6) is 1.64. The molecule has 0 aliphatic carbocycles. The van der Waals surface area contributed by atoms with E-state index in [1.807, 2.05) is 6.07 Å². The fraction of sp³-hybridized carbons (Fsp3) is 0.341. The van der Waals surface area contributed by atoms with E-state index in [0.717, 1.165) is 18.0 Å². The van der Waals surface area contributed by atoms with Gasteiger partial charge in [-0.3, -0.25) is 14.7 Å². The van der Waals surface area contributed by atoms with Crippen molar-refractivity contribution in [3.8, 4) is 11.8 Å². The van der Waals surface area contributed by atoms with E-state index < -0.39 is 70.8 Å². The largest absolute Gasteiger partial charge is 0.445 e. The maximum Gasteiger partial charge on any atom is 0.411 e. The number of piperazine rings is 1. The molecule has 0 bridgehead atoms. The number of carbonyl (C=O) groups excluding carboxylic acids is 4. The summed E-state index contributed by atoms with van der Waals surface area (Å²) in [5.41, 5.74) is -0.808. The highest BCUT2D eigenvalue weighted by molar-refractivity contribution is 5.98. The van der Waals surface area contributed by atoms with Gasteiger partial charge in [0, 0.05) is 19.0 Å². The Kier molecular flexibility index (Phi) is 13.9. The molecule has 2 N–H and O–H groups in total. The van der Waals surface area contributed by atoms with Crippen LogP contribution in [0.15, 0.2) is 91.3 Å². The first-order valence-corrected chi connectivity index (χ1v) is 18.8. The van der Waals surface area contributed by atoms with Gasteiger partial charge in [-0.15, -0.1) is 0 Å². The molecular weight excluding hydrogens is 768 g/mol. The van der Waals surface area contributed by atoms with Crippen LogP contribution in [-0.2, 0) is 25.6 Å². The van der Waals surface area contributed by atoms with Gasteiger partial charge >= 0.3 is 18.3 Å². The number of aromatic nitrogens is 1. The minimum absolute atomic E-state index is 0.0147. The summed E-state index contributed by atoms with van der Waals surface area (Å²) in [5, 5.41) is 5.22. The van der Waals surface area contributed by atoms with Gasteiger partial charge in [0.25, 0.3) is 0 Å². The summed E-state index contributed by atoms with van der Waals surface area (Å²) in [6, 6.07) is 16.9. The van der Waals surface area contributed by atoms with Gasteiger partial charge in [-0.25, -0.2) is 27.6 Å². The van der Waals surface area contributed by atoms with Crippen molar-refractivity contribution < 1.29 is 46.6 Å². The van der Waals surface area contributed by atoms with Gasteiger partial charge in [-0.2, -0.15) is 0 Å². The Morgan fingerprint density at radius 3 is 1.97 bits per heavy atom. The molecule has 310 valence electrons. The highest BCUT2D eigenvalue weighted by atomic mass is 19.1. The standard InChI is InChI=1S/C44H46F3N5O7/c1-43(2,3)58-40(54)50-38(37(29-12-16-31(45)17-13-29)30-14-18-32(46)19-15-30)39(53)49-36-25-48-24-35(47)34(36)21-20-33-26-51(41(55)59-44(4,5)6)22-23-52(33)42(56)57-27-28-10-8-7-9-11-28/h7-19,24-25,33,37-38H,22-23,26-27H2,1-6H3,(H,49,53)(H,50,54)/t33?,38-/m0/s1. The number of alkyl carbamates (subject to hydrolysis) is 1. The number of anilines is 1. The van der Waals surface area contributed by atoms with Crippen LogP contribution < -0.4 is 10.6 Å². The third kappa shape index (κ3) is 12.5. The number of nitrogens with zero attached hydrogens (tertiary/aromatic N) is 3. The molecule has 1 aliphatic rings. The number of amides is 4. The molecule has 1 saturated heterocycles. The fourth-order valence-corrected chi connectivity index (χ4v) is 6.09. The lowest BCUT2D eigenvalue weighted by molar-refractivity contribution is -0.118. The van der Waals surface area contributed by atoms with Crippen LogP contribution in [0.5, 0.6) is 0 Å². The van der Waals surface area contributed by atoms with E-state index in [9.17, 15) is 28.0 Å². The van der Waals surface area contributed by atoms with Crippen LogP contribution in [0.4, 0.5) is 33.2 Å². The van der Waals surface area contributed by atoms with Crippen molar-refractivity contribution in [3.63, 3.8) is 0 Å². The molecule has 0 spiro atoms. The molecule has 2 atom stereocenters. The second kappa shape index (κ2) is 18.8. The number of halogens is 3. The number of ether oxygens (including phenoxy) is 3. The van der Waals surface area contributed by atoms with Crippen molar-refractivity contribution in [3.05, 3.63) is 131 Å². The highest BCUT2D eigenvalue weighted by Gasteiger charge is 2.36. The molecule has 4 aromatic rings. The third-order valence-corrected chi connectivity index (χ3v) is 8.74. The number of nitrogens with one attached hydrogen (secondary N) is 2. The summed E-state index contributed by atoms with van der Waals surface area (Å²) in [6.07, 6.45) is -0.291. The van der Waals surface area contributed by atoms with Crippen molar-refractivity contribution in [2.45, 2.75) is 77.4 Å². The molecule has 1 unspecified atom stereocenters. The van der Waals surface area contributed by atoms with E-state index in [-0.39, 0.29) is 37.5 Å². The predicted octanol–water partition coefficient (Wildman–Crippen LogP) is 7.77. The quantitative estimate of drug-likeness (QED) is 0.136. The minimum atomic E-state index is -1.51. The molecule has 0 saturated carbocycles. The zero-order valence-electron chi connectivity index (χ0n) is 33.6. The number of hydrogen-bond acceptors (Lipinski definition) is 8. The maximum absolute atomic E-state index is 15.7. The van der Waals surface area contributed by atoms with E-state index >= 15 is 4.39 Å². The Morgan fingerprint density at radius 1 is 0.797 bits per heavy atom. The van der Waals surface area contributed by atoms with Crippen molar-refractivity contribution in [1.82, 2.24) is 20.1 Å². The average molecular weight is 814 g/mol. The number of hydrogen-bond donors (Lipinski definition) is 2. The summed E-state index contributed by atoms with van der Waals surface area (Å²) >= 11 is 0. The summed E-state index contributed by atoms with van der Waals surface area (Å²) in [7, 11) is 0. The van der Waals surface area contributed by atoms with Crippen LogP contribution in [0.2, 0.25) is 0 Å². The normalized spacial score (nSPS) is 14.7. The van der Waals surface area contributed by atoms with Crippen molar-refractivity contribution in [2.75, 3.05) is 25.0 Å². The van der Waals surface area contributed by atoms with Crippen LogP contribution in [0.25, 0.3) is 0 Å². The first-order chi connectivity index (χ1) is 27.9. The topological polar surface area (TPSA) is 139 Å². The summed E-state index contributed by atoms with van der Waals surface area (Å²) < 4.78 is 60.5. The first kappa shape index (κ1) is 43.6. The van der Waals surface area contributed by atoms with Gasteiger partial charge in [-0.1, -0.05) is 66.4 Å². The number of rotatable bonds is 8. The van der Waals surface area contributed by atoms with E-state index in [1.54, 1.807) is 65.8 Å². The molecule has 0 radical (unpaired) electrons. The molecule has 12 nitrogen and oxygen atoms in total. The van der Waals surface area contributed by atoms with Crippen molar-refractivity contribution >= 4 is 29.9 Å². The lowest BCUT2D eigenvalue weighted by Crippen LogP contribution is -2.56. The van der Waals surface area contributed by atoms with Gasteiger partial charge in [-0.05, 0) is 82.5 Å². The van der Waals surface area contributed by atoms with Gasteiger partial charge in [0.05, 0.1) is 30.2 Å². The molecule has 2 heterocycles. The lowest BCUT2D eigenvalue weighted by Gasteiger charge is -2.38. The summed E-state index contributed by atoms with van der Waals surface area (Å²) in [4.78, 5) is 60.8. The van der Waals surface area contributed by atoms with E-state index in [1.165, 1.54) is 58.3 Å². The second-order valence-corrected chi connectivity index (χ2v) is 15.7. The Labute approximate surface area is 341 Å². The molecule has 1 aromatic heterocycles. The molecule has 1 fully saturated rings. The third-order valence-electron chi connectivity index (χ3n) is 8.74. The average Bonchev–Trinajstić information content (AvgIpc) is 3.16. The van der Waals surface area contributed by atoms with Gasteiger partial charge in [0.1, 0.15) is 41.5 Å². The van der Waals surface area contributed by atoms with Crippen LogP contribution in [0, 0.1) is 29.3 Å². The number of pyridine rings is 1. The first-order valence-electron chi connectivity index (χ1n) is 18.8. The van der Waals surface area contributed by atoms with Gasteiger partial charge < -0.3 is 29.7 Å². The van der Waals surface area contributed by atoms with E-state index in [4.69, 9.17) is 14.2 Å². The molecule has 5 rings (SSSR count). The van der Waals surface area contributed by atoms with Crippen LogP contribution >= 0.6 is 0 Å². The van der Waals surface area contributed by atoms with Crippen LogP contribution in [0.3, 0.4) is 0 Å². The lowest BCUT2D eigenvalue weighted by atomic mass is 9.84. The Balaban J connectivity index is 1.50. The van der Waals surface area contributed by atoms with Gasteiger partial charge in [0.2, 0.25) is 5.91 Å². The molecule has 3 aromatic carbocycles. The van der Waals surface area contributed by atoms with E-state index in [0.29, 0.717) is 11.1 Å². The molecule has 15 heteroatoms. The highest BCUT2D eigenvalue weighted by Crippen LogP contribution is 2.31. The predicted molar refractivity (Wildman–Crippen MR) is 212 cm³/mol. The Morgan fingerprint density at radius 2 is 1.39 bits per heavy atom. The smallest absolute Gasteiger partial charge is 0.411 e. The molecule has 59 heavy (non-hydrogen) atoms. The van der Waals surface area contributed by atoms with Crippen LogP contribution in [0.1, 0.15) is 69.7 Å². The minimum Gasteiger partial charge on any atom is -0.445 e. The zero-order valence-corrected chi connectivity index (χ0v) is 33.6. The van der Waals surface area contributed by atoms with Crippen LogP contribution in [-0.4, -0.2) is 81.9 Å². The Bertz CT molecular complexity index is 2140. The molecular formula is C44H46F3N5O7. The maximum atomic E-state index is 15.7. The monoisotopic (exact) mass is 813 g/mol. The van der Waals surface area contributed by atoms with Crippen molar-refractivity contribution in [2.24, 2.45) is 0 Å². The summed E-state index contributed by atoms with van der Waals surface area (Å²) in [6.45, 7) is 10.0. The molecule has 1 aliphatic heterocycles. The number of benzene rings is 3. The Hall–Kier alpha value is -6.56. The number of carbonyl (C=O) groups is 4. The van der Waals surface area contributed by atoms with Gasteiger partial charge in [0.15, 0.2) is 5.82 Å². The van der Waals surface area contributed by atoms with E-state index in [2.05, 4.69) is 27.5 Å². The van der Waals surface area contributed by atoms with Crippen molar-refractivity contribution in [1.29, 1.82) is 0 Å². The zero-order chi connectivity index (χ0) is 42.9. The fourth-order valence-electron chi connectivity index (χ4n) is 6.09. The SMILES string of the molecule is CC(C)(C)OC(=O)N[C@H](C(=O)Nc1cncc(F)c1C#CC1CN(C(=O)OC(C)(C)C)CCN1C(=O)OCc1ccccc1)C(c1ccc(F)cc1)c1ccc(F)cc1.